The number of benzene rings is 9. The molecule has 0 radical (unpaired) electrons. The summed E-state index contributed by atoms with van der Waals surface area (Å²) < 4.78 is 4.60. The van der Waals surface area contributed by atoms with Crippen molar-refractivity contribution in [2.75, 3.05) is 0 Å². The molecule has 3 heterocycles. The molecule has 0 spiro atoms. The topological polar surface area (TPSA) is 48.5 Å². The van der Waals surface area contributed by atoms with E-state index in [1.807, 2.05) is 6.07 Å². The minimum atomic E-state index is 0.556. The molecule has 0 aliphatic carbocycles. The maximum Gasteiger partial charge on any atom is 0.238 e. The van der Waals surface area contributed by atoms with Crippen molar-refractivity contribution in [2.24, 2.45) is 0 Å². The lowest BCUT2D eigenvalue weighted by atomic mass is 9.96. The highest BCUT2D eigenvalue weighted by atomic mass is 15.2. The lowest BCUT2D eigenvalue weighted by Crippen LogP contribution is -2.06. The standard InChI is InChI=1S/C57H37N5/c1-5-17-38(18-6-1)41-29-31-42(32-30-41)55-58-56(45-36-43(39-19-7-2-8-20-39)35-44(37-45)40-21-9-3-10-22-40)60-57(59-55)62-50-28-16-14-26-48(50)54-52(62)34-33-51-53(54)47-25-13-15-27-49(47)61(51)46-23-11-4-12-24-46/h1-37H. The van der Waals surface area contributed by atoms with Crippen molar-refractivity contribution in [1.82, 2.24) is 24.1 Å². The molecule has 12 aromatic rings. The third-order valence-corrected chi connectivity index (χ3v) is 12.0. The van der Waals surface area contributed by atoms with Crippen LogP contribution in [0.2, 0.25) is 0 Å². The van der Waals surface area contributed by atoms with Crippen LogP contribution in [0.5, 0.6) is 0 Å². The van der Waals surface area contributed by atoms with E-state index >= 15 is 0 Å². The van der Waals surface area contributed by atoms with Crippen molar-refractivity contribution in [3.63, 3.8) is 0 Å². The van der Waals surface area contributed by atoms with Gasteiger partial charge in [0.15, 0.2) is 11.6 Å². The average molecular weight is 792 g/mol. The molecule has 0 aliphatic rings. The van der Waals surface area contributed by atoms with Crippen LogP contribution < -0.4 is 0 Å². The summed E-state index contributed by atoms with van der Waals surface area (Å²) in [6, 6.07) is 79.2. The molecular formula is C57H37N5. The van der Waals surface area contributed by atoms with Gasteiger partial charge in [-0.2, -0.15) is 9.97 Å². The molecule has 0 amide bonds. The molecule has 0 unspecified atom stereocenters. The van der Waals surface area contributed by atoms with Gasteiger partial charge in [-0.25, -0.2) is 4.98 Å². The first-order valence-electron chi connectivity index (χ1n) is 20.9. The number of nitrogens with zero attached hydrogens (tertiary/aromatic N) is 5. The second kappa shape index (κ2) is 14.7. The van der Waals surface area contributed by atoms with E-state index in [2.05, 4.69) is 228 Å². The Morgan fingerprint density at radius 3 is 1.19 bits per heavy atom. The Balaban J connectivity index is 1.14. The van der Waals surface area contributed by atoms with E-state index < -0.39 is 0 Å². The highest BCUT2D eigenvalue weighted by Crippen LogP contribution is 2.42. The molecule has 0 bridgehead atoms. The van der Waals surface area contributed by atoms with Crippen molar-refractivity contribution < 1.29 is 0 Å². The first kappa shape index (κ1) is 35.5. The zero-order valence-corrected chi connectivity index (χ0v) is 33.6. The molecule has 0 saturated heterocycles. The van der Waals surface area contributed by atoms with Crippen LogP contribution in [0.15, 0.2) is 224 Å². The van der Waals surface area contributed by atoms with Crippen molar-refractivity contribution in [3.8, 4) is 67.8 Å². The highest BCUT2D eigenvalue weighted by Gasteiger charge is 2.23. The minimum absolute atomic E-state index is 0.556. The van der Waals surface area contributed by atoms with E-state index in [0.29, 0.717) is 17.6 Å². The van der Waals surface area contributed by atoms with Crippen LogP contribution in [-0.2, 0) is 0 Å². The van der Waals surface area contributed by atoms with Gasteiger partial charge in [0.1, 0.15) is 0 Å². The average Bonchev–Trinajstić information content (AvgIpc) is 3.88. The van der Waals surface area contributed by atoms with E-state index in [1.165, 1.54) is 10.8 Å². The van der Waals surface area contributed by atoms with E-state index in [-0.39, 0.29) is 0 Å². The number of fused-ring (bicyclic) bond motifs is 7. The number of hydrogen-bond donors (Lipinski definition) is 0. The minimum Gasteiger partial charge on any atom is -0.309 e. The van der Waals surface area contributed by atoms with Crippen molar-refractivity contribution in [2.45, 2.75) is 0 Å². The maximum atomic E-state index is 5.44. The fourth-order valence-electron chi connectivity index (χ4n) is 9.11. The summed E-state index contributed by atoms with van der Waals surface area (Å²) in [4.78, 5) is 16.1. The summed E-state index contributed by atoms with van der Waals surface area (Å²) in [7, 11) is 0. The summed E-state index contributed by atoms with van der Waals surface area (Å²) in [5.74, 6) is 1.75. The van der Waals surface area contributed by atoms with Gasteiger partial charge in [0, 0.05) is 38.4 Å². The molecule has 0 aliphatic heterocycles. The molecule has 9 aromatic carbocycles. The quantitative estimate of drug-likeness (QED) is 0.162. The van der Waals surface area contributed by atoms with E-state index in [9.17, 15) is 0 Å². The first-order valence-corrected chi connectivity index (χ1v) is 20.9. The van der Waals surface area contributed by atoms with Crippen LogP contribution in [0.3, 0.4) is 0 Å². The van der Waals surface area contributed by atoms with Crippen LogP contribution >= 0.6 is 0 Å². The van der Waals surface area contributed by atoms with Crippen LogP contribution in [0.25, 0.3) is 111 Å². The summed E-state index contributed by atoms with van der Waals surface area (Å²) >= 11 is 0. The van der Waals surface area contributed by atoms with Gasteiger partial charge in [-0.1, -0.05) is 170 Å². The summed E-state index contributed by atoms with van der Waals surface area (Å²) in [5.41, 5.74) is 14.0. The molecule has 0 N–H and O–H groups in total. The Morgan fingerprint density at radius 2 is 0.645 bits per heavy atom. The second-order valence-corrected chi connectivity index (χ2v) is 15.7. The lowest BCUT2D eigenvalue weighted by Gasteiger charge is -2.14. The van der Waals surface area contributed by atoms with Gasteiger partial charge in [0.25, 0.3) is 0 Å². The Bertz CT molecular complexity index is 3540. The maximum absolute atomic E-state index is 5.44. The van der Waals surface area contributed by atoms with E-state index in [1.54, 1.807) is 0 Å². The number of rotatable bonds is 7. The van der Waals surface area contributed by atoms with E-state index in [4.69, 9.17) is 15.0 Å². The molecule has 0 fully saturated rings. The van der Waals surface area contributed by atoms with Gasteiger partial charge >= 0.3 is 0 Å². The van der Waals surface area contributed by atoms with Crippen molar-refractivity contribution in [3.05, 3.63) is 224 Å². The summed E-state index contributed by atoms with van der Waals surface area (Å²) in [6.45, 7) is 0. The fourth-order valence-corrected chi connectivity index (χ4v) is 9.11. The molecule has 12 rings (SSSR count). The van der Waals surface area contributed by atoms with Crippen LogP contribution in [0, 0.1) is 0 Å². The van der Waals surface area contributed by atoms with E-state index in [0.717, 1.165) is 83.0 Å². The molecular weight excluding hydrogens is 755 g/mol. The van der Waals surface area contributed by atoms with Crippen molar-refractivity contribution in [1.29, 1.82) is 0 Å². The molecule has 0 saturated carbocycles. The number of aromatic nitrogens is 5. The SMILES string of the molecule is c1ccc(-c2ccc(-c3nc(-c4cc(-c5ccccc5)cc(-c5ccccc5)c4)nc(-n4c5ccccc5c5c6c7ccccc7n(-c7ccccc7)c6ccc54)n3)cc2)cc1. The third kappa shape index (κ3) is 5.98. The lowest BCUT2D eigenvalue weighted by molar-refractivity contribution is 0.953. The van der Waals surface area contributed by atoms with Crippen LogP contribution in [0.4, 0.5) is 0 Å². The smallest absolute Gasteiger partial charge is 0.238 e. The highest BCUT2D eigenvalue weighted by molar-refractivity contribution is 6.28. The molecule has 5 heteroatoms. The molecule has 62 heavy (non-hydrogen) atoms. The number of hydrogen-bond acceptors (Lipinski definition) is 3. The van der Waals surface area contributed by atoms with Gasteiger partial charge in [-0.3, -0.25) is 4.57 Å². The largest absolute Gasteiger partial charge is 0.309 e. The fraction of sp³-hybridized carbons (Fsp3) is 0. The molecule has 5 nitrogen and oxygen atoms in total. The van der Waals surface area contributed by atoms with Gasteiger partial charge in [-0.05, 0) is 88.0 Å². The predicted molar refractivity (Wildman–Crippen MR) is 256 cm³/mol. The van der Waals surface area contributed by atoms with Gasteiger partial charge in [0.05, 0.1) is 22.1 Å². The predicted octanol–water partition coefficient (Wildman–Crippen LogP) is 14.4. The Labute approximate surface area is 358 Å². The molecule has 0 atom stereocenters. The van der Waals surface area contributed by atoms with Crippen LogP contribution in [-0.4, -0.2) is 24.1 Å². The van der Waals surface area contributed by atoms with Gasteiger partial charge in [0.2, 0.25) is 5.95 Å². The normalized spacial score (nSPS) is 11.5. The van der Waals surface area contributed by atoms with Crippen molar-refractivity contribution >= 4 is 43.6 Å². The zero-order chi connectivity index (χ0) is 41.0. The zero-order valence-electron chi connectivity index (χ0n) is 33.6. The first-order chi connectivity index (χ1) is 30.7. The molecule has 3 aromatic heterocycles. The Morgan fingerprint density at radius 1 is 0.258 bits per heavy atom. The van der Waals surface area contributed by atoms with Crippen LogP contribution in [0.1, 0.15) is 0 Å². The monoisotopic (exact) mass is 791 g/mol. The molecule has 290 valence electrons. The summed E-state index contributed by atoms with van der Waals surface area (Å²) in [5, 5.41) is 4.70. The summed E-state index contributed by atoms with van der Waals surface area (Å²) in [6.07, 6.45) is 0. The Kier molecular flexibility index (Phi) is 8.42. The third-order valence-electron chi connectivity index (χ3n) is 12.0. The number of para-hydroxylation sites is 3. The second-order valence-electron chi connectivity index (χ2n) is 15.7. The van der Waals surface area contributed by atoms with Gasteiger partial charge in [-0.15, -0.1) is 0 Å². The van der Waals surface area contributed by atoms with Gasteiger partial charge < -0.3 is 4.57 Å². The Hall–Kier alpha value is -8.41.